The van der Waals surface area contributed by atoms with Gasteiger partial charge in [-0.2, -0.15) is 0 Å². The van der Waals surface area contributed by atoms with Crippen molar-refractivity contribution in [2.45, 2.75) is 45.4 Å². The largest absolute Gasteiger partial charge is 0.448 e. The van der Waals surface area contributed by atoms with E-state index in [0.717, 1.165) is 5.76 Å². The molecule has 0 fully saturated rings. The molecule has 0 saturated heterocycles. The third-order valence-corrected chi connectivity index (χ3v) is 3.77. The van der Waals surface area contributed by atoms with Crippen LogP contribution in [-0.4, -0.2) is 9.97 Å². The van der Waals surface area contributed by atoms with Crippen LogP contribution in [0.3, 0.4) is 0 Å². The van der Waals surface area contributed by atoms with E-state index in [1.807, 2.05) is 6.92 Å². The summed E-state index contributed by atoms with van der Waals surface area (Å²) in [6, 6.07) is 0. The highest BCUT2D eigenvalue weighted by atomic mass is 16.4. The van der Waals surface area contributed by atoms with Gasteiger partial charge in [-0.1, -0.05) is 27.7 Å². The normalized spacial score (nSPS) is 13.0. The van der Waals surface area contributed by atoms with E-state index in [0.29, 0.717) is 11.8 Å². The number of nitrogens with zero attached hydrogens (tertiary/aromatic N) is 2. The van der Waals surface area contributed by atoms with Gasteiger partial charge in [0.25, 0.3) is 0 Å². The molecule has 0 N–H and O–H groups in total. The van der Waals surface area contributed by atoms with E-state index >= 15 is 0 Å². The van der Waals surface area contributed by atoms with E-state index in [2.05, 4.69) is 37.7 Å². The molecule has 92 valence electrons. The van der Waals surface area contributed by atoms with Gasteiger partial charge in [-0.15, -0.1) is 0 Å². The number of hydrogen-bond acceptors (Lipinski definition) is 4. The first-order valence-electron chi connectivity index (χ1n) is 5.68. The Morgan fingerprint density at radius 3 is 2.24 bits per heavy atom. The summed E-state index contributed by atoms with van der Waals surface area (Å²) < 4.78 is 11.1. The molecule has 2 aromatic rings. The zero-order valence-corrected chi connectivity index (χ0v) is 10.9. The molecule has 2 aromatic heterocycles. The molecule has 0 aliphatic heterocycles. The topological polar surface area (TPSA) is 52.1 Å². The molecule has 4 heteroatoms. The average Bonchev–Trinajstić information content (AvgIpc) is 2.86. The van der Waals surface area contributed by atoms with Crippen molar-refractivity contribution in [2.24, 2.45) is 0 Å². The van der Waals surface area contributed by atoms with E-state index in [4.69, 9.17) is 8.83 Å². The minimum atomic E-state index is -0.275. The highest BCUT2D eigenvalue weighted by Crippen LogP contribution is 2.43. The second-order valence-corrected chi connectivity index (χ2v) is 5.33. The molecule has 0 saturated carbocycles. The van der Waals surface area contributed by atoms with Crippen LogP contribution < -0.4 is 0 Å². The lowest BCUT2D eigenvalue weighted by Crippen LogP contribution is -2.40. The van der Waals surface area contributed by atoms with Crippen LogP contribution in [0.15, 0.2) is 27.5 Å². The summed E-state index contributed by atoms with van der Waals surface area (Å²) in [7, 11) is 0. The maximum Gasteiger partial charge on any atom is 0.200 e. The molecule has 0 amide bonds. The quantitative estimate of drug-likeness (QED) is 0.818. The Morgan fingerprint density at radius 2 is 1.76 bits per heavy atom. The highest BCUT2D eigenvalue weighted by Gasteiger charge is 2.45. The maximum absolute atomic E-state index is 5.65. The van der Waals surface area contributed by atoms with Crippen molar-refractivity contribution >= 4 is 0 Å². The molecular weight excluding hydrogens is 216 g/mol. The predicted octanol–water partition coefficient (Wildman–Crippen LogP) is 3.23. The van der Waals surface area contributed by atoms with Crippen molar-refractivity contribution < 1.29 is 8.83 Å². The number of hydrogen-bond donors (Lipinski definition) is 0. The first kappa shape index (κ1) is 11.9. The third-order valence-electron chi connectivity index (χ3n) is 3.77. The summed E-state index contributed by atoms with van der Waals surface area (Å²) in [6.45, 7) is 10.2. The lowest BCUT2D eigenvalue weighted by atomic mass is 9.66. The SMILES string of the molecule is Cc1ncc(C(C)(C)C(C)(C)c2ncco2)o1. The van der Waals surface area contributed by atoms with Crippen LogP contribution in [0.5, 0.6) is 0 Å². The summed E-state index contributed by atoms with van der Waals surface area (Å²) in [4.78, 5) is 8.42. The Balaban J connectivity index is 2.44. The van der Waals surface area contributed by atoms with E-state index in [1.54, 1.807) is 18.7 Å². The molecule has 0 bridgehead atoms. The molecule has 0 spiro atoms. The minimum Gasteiger partial charge on any atom is -0.448 e. The molecule has 17 heavy (non-hydrogen) atoms. The zero-order valence-electron chi connectivity index (χ0n) is 10.9. The molecule has 0 radical (unpaired) electrons. The van der Waals surface area contributed by atoms with Crippen LogP contribution in [-0.2, 0) is 10.8 Å². The Morgan fingerprint density at radius 1 is 1.06 bits per heavy atom. The van der Waals surface area contributed by atoms with Gasteiger partial charge < -0.3 is 8.83 Å². The lowest BCUT2D eigenvalue weighted by molar-refractivity contribution is 0.207. The third kappa shape index (κ3) is 1.77. The average molecular weight is 234 g/mol. The summed E-state index contributed by atoms with van der Waals surface area (Å²) in [6.07, 6.45) is 5.04. The number of aromatic nitrogens is 2. The minimum absolute atomic E-state index is 0.251. The van der Waals surface area contributed by atoms with Gasteiger partial charge in [0.05, 0.1) is 17.8 Å². The smallest absolute Gasteiger partial charge is 0.200 e. The second kappa shape index (κ2) is 3.72. The van der Waals surface area contributed by atoms with Crippen LogP contribution in [0, 0.1) is 6.92 Å². The van der Waals surface area contributed by atoms with E-state index < -0.39 is 0 Å². The lowest BCUT2D eigenvalue weighted by Gasteiger charge is -2.37. The van der Waals surface area contributed by atoms with Gasteiger partial charge in [0.2, 0.25) is 5.89 Å². The second-order valence-electron chi connectivity index (χ2n) is 5.33. The van der Waals surface area contributed by atoms with Crippen LogP contribution in [0.25, 0.3) is 0 Å². The Hall–Kier alpha value is -1.58. The fourth-order valence-electron chi connectivity index (χ4n) is 1.76. The molecule has 2 heterocycles. The molecule has 2 rings (SSSR count). The highest BCUT2D eigenvalue weighted by molar-refractivity contribution is 5.21. The Bertz CT molecular complexity index is 495. The van der Waals surface area contributed by atoms with E-state index in [1.165, 1.54) is 0 Å². The standard InChI is InChI=1S/C13H18N2O2/c1-9-15-8-10(17-9)12(2,3)13(4,5)11-14-6-7-16-11/h6-8H,1-5H3. The molecule has 0 atom stereocenters. The summed E-state index contributed by atoms with van der Waals surface area (Å²) in [5, 5.41) is 0. The molecular formula is C13H18N2O2. The monoisotopic (exact) mass is 234 g/mol. The first-order valence-corrected chi connectivity index (χ1v) is 5.68. The van der Waals surface area contributed by atoms with Gasteiger partial charge in [0, 0.05) is 12.3 Å². The predicted molar refractivity (Wildman–Crippen MR) is 63.8 cm³/mol. The summed E-state index contributed by atoms with van der Waals surface area (Å²) >= 11 is 0. The van der Waals surface area contributed by atoms with Crippen molar-refractivity contribution in [2.75, 3.05) is 0 Å². The van der Waals surface area contributed by atoms with Crippen LogP contribution in [0.2, 0.25) is 0 Å². The van der Waals surface area contributed by atoms with Crippen LogP contribution >= 0.6 is 0 Å². The van der Waals surface area contributed by atoms with Gasteiger partial charge in [0.15, 0.2) is 5.89 Å². The van der Waals surface area contributed by atoms with Crippen LogP contribution in [0.4, 0.5) is 0 Å². The van der Waals surface area contributed by atoms with Gasteiger partial charge in [0.1, 0.15) is 12.0 Å². The fraction of sp³-hybridized carbons (Fsp3) is 0.538. The Kier molecular flexibility index (Phi) is 2.60. The van der Waals surface area contributed by atoms with Gasteiger partial charge in [-0.3, -0.25) is 0 Å². The van der Waals surface area contributed by atoms with Gasteiger partial charge in [-0.05, 0) is 0 Å². The summed E-state index contributed by atoms with van der Waals surface area (Å²) in [5.41, 5.74) is -0.526. The van der Waals surface area contributed by atoms with Crippen molar-refractivity contribution in [3.05, 3.63) is 36.2 Å². The van der Waals surface area contributed by atoms with E-state index in [-0.39, 0.29) is 10.8 Å². The maximum atomic E-state index is 5.65. The number of aryl methyl sites for hydroxylation is 1. The van der Waals surface area contributed by atoms with Crippen LogP contribution in [0.1, 0.15) is 45.2 Å². The van der Waals surface area contributed by atoms with E-state index in [9.17, 15) is 0 Å². The molecule has 0 aliphatic rings. The fourth-order valence-corrected chi connectivity index (χ4v) is 1.76. The molecule has 0 unspecified atom stereocenters. The first-order chi connectivity index (χ1) is 7.85. The Labute approximate surface area is 101 Å². The molecule has 0 aromatic carbocycles. The van der Waals surface area contributed by atoms with Gasteiger partial charge >= 0.3 is 0 Å². The van der Waals surface area contributed by atoms with Crippen molar-refractivity contribution in [3.8, 4) is 0 Å². The van der Waals surface area contributed by atoms with Crippen molar-refractivity contribution in [1.82, 2.24) is 9.97 Å². The van der Waals surface area contributed by atoms with Crippen molar-refractivity contribution in [1.29, 1.82) is 0 Å². The van der Waals surface area contributed by atoms with Gasteiger partial charge in [-0.25, -0.2) is 9.97 Å². The molecule has 0 aliphatic carbocycles. The van der Waals surface area contributed by atoms with Crippen molar-refractivity contribution in [3.63, 3.8) is 0 Å². The molecule has 4 nitrogen and oxygen atoms in total. The summed E-state index contributed by atoms with van der Waals surface area (Å²) in [5.74, 6) is 2.23. The number of rotatable bonds is 3. The number of oxazole rings is 2. The zero-order chi connectivity index (χ0) is 12.7.